The second kappa shape index (κ2) is 5.05. The van der Waals surface area contributed by atoms with Gasteiger partial charge in [0.1, 0.15) is 0 Å². The minimum Gasteiger partial charge on any atom is -0.428 e. The van der Waals surface area contributed by atoms with Crippen LogP contribution in [0.2, 0.25) is 0 Å². The average molecular weight is 396 g/mol. The van der Waals surface area contributed by atoms with Crippen molar-refractivity contribution in [2.24, 2.45) is 0 Å². The number of aliphatic hydroxyl groups excluding tert-OH is 2. The largest absolute Gasteiger partial charge is 0.428 e. The fourth-order valence-electron chi connectivity index (χ4n) is 5.15. The van der Waals surface area contributed by atoms with Gasteiger partial charge >= 0.3 is 11.9 Å². The molecule has 2 atom stereocenters. The summed E-state index contributed by atoms with van der Waals surface area (Å²) in [5.74, 6) is -1.11. The monoisotopic (exact) mass is 396 g/mol. The van der Waals surface area contributed by atoms with Gasteiger partial charge in [-0.05, 0) is 44.5 Å². The minimum atomic E-state index is -1.31. The summed E-state index contributed by atoms with van der Waals surface area (Å²) in [6.45, 7) is 0. The summed E-state index contributed by atoms with van der Waals surface area (Å²) >= 11 is 0. The van der Waals surface area contributed by atoms with E-state index in [0.717, 1.165) is 32.3 Å². The van der Waals surface area contributed by atoms with Gasteiger partial charge < -0.3 is 19.7 Å². The average Bonchev–Trinajstić information content (AvgIpc) is 2.74. The van der Waals surface area contributed by atoms with Crippen molar-refractivity contribution in [2.45, 2.75) is 12.6 Å². The van der Waals surface area contributed by atoms with Gasteiger partial charge in [-0.15, -0.1) is 0 Å². The summed E-state index contributed by atoms with van der Waals surface area (Å²) in [5.41, 5.74) is 1.95. The van der Waals surface area contributed by atoms with Crippen molar-refractivity contribution in [3.8, 4) is 0 Å². The Morgan fingerprint density at radius 1 is 0.533 bits per heavy atom. The summed E-state index contributed by atoms with van der Waals surface area (Å²) in [6.07, 6.45) is -2.62. The standard InChI is InChI=1S/C24H12O6/c25-21-13-5-1-9-10-2-6-15-20-16(24(28)30-23(15)27)8-4-12(18(10)20)11-3-7-14(22(26)29-21)19(13)17(9)11/h1-8,21,24-25,28H. The second-order valence-corrected chi connectivity index (χ2v) is 7.74. The molecule has 6 nitrogen and oxygen atoms in total. The molecule has 0 aliphatic carbocycles. The zero-order valence-electron chi connectivity index (χ0n) is 15.3. The smallest absolute Gasteiger partial charge is 0.341 e. The quantitative estimate of drug-likeness (QED) is 0.233. The number of esters is 2. The summed E-state index contributed by atoms with van der Waals surface area (Å²) in [6, 6.07) is 14.5. The predicted octanol–water partition coefficient (Wildman–Crippen LogP) is 4.06. The van der Waals surface area contributed by atoms with E-state index in [1.54, 1.807) is 24.3 Å². The molecule has 2 heterocycles. The maximum atomic E-state index is 12.4. The van der Waals surface area contributed by atoms with E-state index in [9.17, 15) is 19.8 Å². The molecule has 2 N–H and O–H groups in total. The number of cyclic esters (lactones) is 2. The maximum Gasteiger partial charge on any atom is 0.341 e. The third-order valence-electron chi connectivity index (χ3n) is 6.38. The Labute approximate surface area is 168 Å². The van der Waals surface area contributed by atoms with Crippen LogP contribution in [0.15, 0.2) is 48.5 Å². The van der Waals surface area contributed by atoms with Crippen molar-refractivity contribution in [1.82, 2.24) is 0 Å². The normalized spacial score (nSPS) is 20.3. The molecule has 0 saturated carbocycles. The zero-order valence-corrected chi connectivity index (χ0v) is 15.3. The Bertz CT molecular complexity index is 1470. The molecule has 0 bridgehead atoms. The highest BCUT2D eigenvalue weighted by Crippen LogP contribution is 2.47. The molecule has 0 fully saturated rings. The molecule has 0 radical (unpaired) electrons. The lowest BCUT2D eigenvalue weighted by atomic mass is 9.83. The lowest BCUT2D eigenvalue weighted by Gasteiger charge is -2.26. The fraction of sp³-hybridized carbons (Fsp3) is 0.0833. The van der Waals surface area contributed by atoms with Crippen molar-refractivity contribution < 1.29 is 29.3 Å². The molecule has 5 aromatic rings. The minimum absolute atomic E-state index is 0.420. The first-order chi connectivity index (χ1) is 14.5. The Morgan fingerprint density at radius 3 is 1.30 bits per heavy atom. The number of ether oxygens (including phenoxy) is 2. The highest BCUT2D eigenvalue weighted by molar-refractivity contribution is 6.36. The molecule has 0 saturated heterocycles. The highest BCUT2D eigenvalue weighted by atomic mass is 16.6. The van der Waals surface area contributed by atoms with Crippen LogP contribution in [0.1, 0.15) is 44.4 Å². The first-order valence-electron chi connectivity index (χ1n) is 9.52. The Hall–Kier alpha value is -3.74. The van der Waals surface area contributed by atoms with Crippen molar-refractivity contribution in [2.75, 3.05) is 0 Å². The first kappa shape index (κ1) is 16.1. The van der Waals surface area contributed by atoms with Crippen LogP contribution in [0.5, 0.6) is 0 Å². The zero-order chi connectivity index (χ0) is 20.3. The molecular formula is C24H12O6. The van der Waals surface area contributed by atoms with Gasteiger partial charge in [-0.1, -0.05) is 36.4 Å². The molecule has 2 aliphatic rings. The van der Waals surface area contributed by atoms with Gasteiger partial charge in [0.05, 0.1) is 11.1 Å². The van der Waals surface area contributed by atoms with Crippen LogP contribution in [-0.4, -0.2) is 22.2 Å². The van der Waals surface area contributed by atoms with Gasteiger partial charge in [0, 0.05) is 21.9 Å². The van der Waals surface area contributed by atoms with Gasteiger partial charge in [-0.25, -0.2) is 9.59 Å². The van der Waals surface area contributed by atoms with E-state index in [1.165, 1.54) is 0 Å². The van der Waals surface area contributed by atoms with Gasteiger partial charge in [0.25, 0.3) is 0 Å². The van der Waals surface area contributed by atoms with E-state index in [2.05, 4.69) is 0 Å². The number of benzene rings is 5. The summed E-state index contributed by atoms with van der Waals surface area (Å²) < 4.78 is 10.2. The Morgan fingerprint density at radius 2 is 0.900 bits per heavy atom. The van der Waals surface area contributed by atoms with Crippen LogP contribution in [0, 0.1) is 0 Å². The predicted molar refractivity (Wildman–Crippen MR) is 108 cm³/mol. The van der Waals surface area contributed by atoms with E-state index < -0.39 is 24.5 Å². The van der Waals surface area contributed by atoms with E-state index in [0.29, 0.717) is 33.0 Å². The van der Waals surface area contributed by atoms with Gasteiger partial charge in [-0.2, -0.15) is 0 Å². The summed E-state index contributed by atoms with van der Waals surface area (Å²) in [5, 5.41) is 27.3. The molecule has 5 aromatic carbocycles. The van der Waals surface area contributed by atoms with Crippen LogP contribution in [0.25, 0.3) is 43.1 Å². The van der Waals surface area contributed by atoms with Crippen LogP contribution < -0.4 is 0 Å². The fourth-order valence-corrected chi connectivity index (χ4v) is 5.15. The first-order valence-corrected chi connectivity index (χ1v) is 9.52. The van der Waals surface area contributed by atoms with Gasteiger partial charge in [0.15, 0.2) is 0 Å². The number of rotatable bonds is 0. The van der Waals surface area contributed by atoms with Gasteiger partial charge in [-0.3, -0.25) is 0 Å². The van der Waals surface area contributed by atoms with Gasteiger partial charge in [0.2, 0.25) is 12.6 Å². The van der Waals surface area contributed by atoms with Crippen LogP contribution in [0.4, 0.5) is 0 Å². The van der Waals surface area contributed by atoms with Crippen LogP contribution in [-0.2, 0) is 9.47 Å². The second-order valence-electron chi connectivity index (χ2n) is 7.74. The van der Waals surface area contributed by atoms with Crippen molar-refractivity contribution in [1.29, 1.82) is 0 Å². The topological polar surface area (TPSA) is 93.1 Å². The number of carbonyl (C=O) groups excluding carboxylic acids is 2. The molecule has 2 aliphatic heterocycles. The molecule has 30 heavy (non-hydrogen) atoms. The molecule has 2 unspecified atom stereocenters. The molecule has 0 spiro atoms. The van der Waals surface area contributed by atoms with Crippen LogP contribution in [0.3, 0.4) is 0 Å². The number of hydrogen-bond acceptors (Lipinski definition) is 6. The van der Waals surface area contributed by atoms with Crippen molar-refractivity contribution >= 4 is 55.0 Å². The lowest BCUT2D eigenvalue weighted by molar-refractivity contribution is -0.0695. The highest BCUT2D eigenvalue weighted by Gasteiger charge is 2.32. The number of fused-ring (bicyclic) bond motifs is 2. The lowest BCUT2D eigenvalue weighted by Crippen LogP contribution is -2.19. The number of aliphatic hydroxyl groups is 2. The molecule has 0 aromatic heterocycles. The molecule has 6 heteroatoms. The molecule has 144 valence electrons. The Kier molecular flexibility index (Phi) is 2.71. The molecule has 7 rings (SSSR count). The van der Waals surface area contributed by atoms with E-state index in [1.807, 2.05) is 24.3 Å². The number of carbonyl (C=O) groups is 2. The van der Waals surface area contributed by atoms with Crippen molar-refractivity contribution in [3.05, 3.63) is 70.8 Å². The Balaban J connectivity index is 1.80. The van der Waals surface area contributed by atoms with E-state index >= 15 is 0 Å². The molecule has 0 amide bonds. The van der Waals surface area contributed by atoms with Crippen LogP contribution >= 0.6 is 0 Å². The number of hydrogen-bond donors (Lipinski definition) is 2. The van der Waals surface area contributed by atoms with E-state index in [4.69, 9.17) is 9.47 Å². The summed E-state index contributed by atoms with van der Waals surface area (Å²) in [7, 11) is 0. The molecular weight excluding hydrogens is 384 g/mol. The SMILES string of the molecule is O=C1OC(O)c2ccc3c4ccc5c6c(ccc(c7ccc1c2c73)c64)C(O)OC5=O. The third kappa shape index (κ3) is 1.68. The van der Waals surface area contributed by atoms with Crippen molar-refractivity contribution in [3.63, 3.8) is 0 Å². The third-order valence-corrected chi connectivity index (χ3v) is 6.38. The maximum absolute atomic E-state index is 12.4. The van der Waals surface area contributed by atoms with E-state index in [-0.39, 0.29) is 0 Å². The summed E-state index contributed by atoms with van der Waals surface area (Å²) in [4.78, 5) is 24.8.